The number of aryl methyl sites for hydroxylation is 2. The highest BCUT2D eigenvalue weighted by Crippen LogP contribution is 2.33. The van der Waals surface area contributed by atoms with E-state index in [0.29, 0.717) is 0 Å². The van der Waals surface area contributed by atoms with Crippen LogP contribution in [0.5, 0.6) is 5.75 Å². The van der Waals surface area contributed by atoms with Gasteiger partial charge >= 0.3 is 0 Å². The van der Waals surface area contributed by atoms with E-state index in [1.165, 1.54) is 11.1 Å². The molecule has 3 aromatic rings. The first-order valence-electron chi connectivity index (χ1n) is 6.14. The zero-order chi connectivity index (χ0) is 13.6. The second-order valence-electron chi connectivity index (χ2n) is 4.76. The number of hydrogen-bond acceptors (Lipinski definition) is 2. The van der Waals surface area contributed by atoms with Crippen LogP contribution in [-0.2, 0) is 0 Å². The molecule has 0 saturated carbocycles. The molecule has 1 heterocycles. The summed E-state index contributed by atoms with van der Waals surface area (Å²) in [7, 11) is 1.65. The highest BCUT2D eigenvalue weighted by molar-refractivity contribution is 6.40. The molecule has 0 atom stereocenters. The minimum atomic E-state index is 0.755. The smallest absolute Gasteiger partial charge is 0.121 e. The Morgan fingerprint density at radius 1 is 0.947 bits per heavy atom. The first kappa shape index (κ1) is 12.2. The average Bonchev–Trinajstić information content (AvgIpc) is 2.41. The fourth-order valence-corrected chi connectivity index (χ4v) is 2.57. The zero-order valence-corrected chi connectivity index (χ0v) is 11.9. The SMILES string of the molecule is COc1ccc2c(Cl)c3cc(C)c(C)cc3nc2c1. The second kappa shape index (κ2) is 4.39. The molecule has 3 heteroatoms. The maximum absolute atomic E-state index is 6.51. The molecule has 3 rings (SSSR count). The molecule has 0 aliphatic rings. The fraction of sp³-hybridized carbons (Fsp3) is 0.188. The number of nitrogens with zero attached hydrogens (tertiary/aromatic N) is 1. The van der Waals surface area contributed by atoms with Gasteiger partial charge in [-0.3, -0.25) is 0 Å². The molecule has 96 valence electrons. The Morgan fingerprint density at radius 3 is 2.37 bits per heavy atom. The first-order valence-corrected chi connectivity index (χ1v) is 6.52. The Balaban J connectivity index is 2.44. The van der Waals surface area contributed by atoms with Crippen LogP contribution in [0.15, 0.2) is 30.3 Å². The van der Waals surface area contributed by atoms with Crippen molar-refractivity contribution < 1.29 is 4.74 Å². The normalized spacial score (nSPS) is 11.2. The van der Waals surface area contributed by atoms with Crippen LogP contribution in [-0.4, -0.2) is 12.1 Å². The van der Waals surface area contributed by atoms with Crippen LogP contribution in [0.3, 0.4) is 0 Å². The zero-order valence-electron chi connectivity index (χ0n) is 11.1. The fourth-order valence-electron chi connectivity index (χ4n) is 2.26. The van der Waals surface area contributed by atoms with Gasteiger partial charge in [-0.25, -0.2) is 4.98 Å². The summed E-state index contributed by atoms with van der Waals surface area (Å²) in [6.45, 7) is 4.17. The van der Waals surface area contributed by atoms with E-state index in [9.17, 15) is 0 Å². The number of benzene rings is 2. The van der Waals surface area contributed by atoms with Crippen molar-refractivity contribution in [3.8, 4) is 5.75 Å². The lowest BCUT2D eigenvalue weighted by Gasteiger charge is -2.09. The molecule has 0 aliphatic heterocycles. The molecule has 0 unspecified atom stereocenters. The molecule has 0 N–H and O–H groups in total. The monoisotopic (exact) mass is 271 g/mol. The molecule has 0 radical (unpaired) electrons. The van der Waals surface area contributed by atoms with E-state index in [2.05, 4.69) is 31.0 Å². The van der Waals surface area contributed by atoms with Gasteiger partial charge in [0.25, 0.3) is 0 Å². The van der Waals surface area contributed by atoms with Gasteiger partial charge in [0.1, 0.15) is 5.75 Å². The minimum absolute atomic E-state index is 0.755. The van der Waals surface area contributed by atoms with E-state index >= 15 is 0 Å². The van der Waals surface area contributed by atoms with Crippen molar-refractivity contribution in [2.24, 2.45) is 0 Å². The highest BCUT2D eigenvalue weighted by atomic mass is 35.5. The summed E-state index contributed by atoms with van der Waals surface area (Å²) in [5.74, 6) is 0.791. The van der Waals surface area contributed by atoms with Crippen LogP contribution in [0.1, 0.15) is 11.1 Å². The van der Waals surface area contributed by atoms with Crippen LogP contribution in [0.4, 0.5) is 0 Å². The number of ether oxygens (including phenoxy) is 1. The highest BCUT2D eigenvalue weighted by Gasteiger charge is 2.09. The van der Waals surface area contributed by atoms with Gasteiger partial charge in [-0.15, -0.1) is 0 Å². The third-order valence-electron chi connectivity index (χ3n) is 3.53. The Labute approximate surface area is 117 Å². The van der Waals surface area contributed by atoms with Crippen molar-refractivity contribution in [1.82, 2.24) is 4.98 Å². The maximum atomic E-state index is 6.51. The van der Waals surface area contributed by atoms with Crippen LogP contribution < -0.4 is 4.74 Å². The van der Waals surface area contributed by atoms with Gasteiger partial charge in [-0.05, 0) is 49.2 Å². The minimum Gasteiger partial charge on any atom is -0.497 e. The van der Waals surface area contributed by atoms with Gasteiger partial charge < -0.3 is 4.74 Å². The lowest BCUT2D eigenvalue weighted by atomic mass is 10.0. The van der Waals surface area contributed by atoms with Gasteiger partial charge in [0.05, 0.1) is 23.2 Å². The quantitative estimate of drug-likeness (QED) is 0.600. The van der Waals surface area contributed by atoms with Crippen LogP contribution in [0.25, 0.3) is 21.8 Å². The molecule has 2 nitrogen and oxygen atoms in total. The van der Waals surface area contributed by atoms with Gasteiger partial charge in [0, 0.05) is 16.8 Å². The van der Waals surface area contributed by atoms with Crippen LogP contribution in [0.2, 0.25) is 5.02 Å². The van der Waals surface area contributed by atoms with Crippen molar-refractivity contribution in [2.75, 3.05) is 7.11 Å². The van der Waals surface area contributed by atoms with Crippen molar-refractivity contribution in [2.45, 2.75) is 13.8 Å². The molecule has 1 aromatic heterocycles. The number of fused-ring (bicyclic) bond motifs is 2. The molecule has 0 aliphatic carbocycles. The van der Waals surface area contributed by atoms with Crippen LogP contribution >= 0.6 is 11.6 Å². The summed E-state index contributed by atoms with van der Waals surface area (Å²) in [5.41, 5.74) is 4.23. The molecule has 0 bridgehead atoms. The first-order chi connectivity index (χ1) is 9.10. The number of rotatable bonds is 1. The molecule has 0 spiro atoms. The lowest BCUT2D eigenvalue weighted by Crippen LogP contribution is -1.90. The maximum Gasteiger partial charge on any atom is 0.121 e. The Hall–Kier alpha value is -1.80. The number of aromatic nitrogens is 1. The summed E-state index contributed by atoms with van der Waals surface area (Å²) < 4.78 is 5.23. The molecular weight excluding hydrogens is 258 g/mol. The third kappa shape index (κ3) is 1.92. The number of pyridine rings is 1. The van der Waals surface area contributed by atoms with E-state index < -0.39 is 0 Å². The third-order valence-corrected chi connectivity index (χ3v) is 3.94. The largest absolute Gasteiger partial charge is 0.497 e. The van der Waals surface area contributed by atoms with Crippen molar-refractivity contribution in [1.29, 1.82) is 0 Å². The second-order valence-corrected chi connectivity index (χ2v) is 5.14. The van der Waals surface area contributed by atoms with Crippen LogP contribution in [0, 0.1) is 13.8 Å². The van der Waals surface area contributed by atoms with E-state index in [4.69, 9.17) is 16.3 Å². The lowest BCUT2D eigenvalue weighted by molar-refractivity contribution is 0.415. The summed E-state index contributed by atoms with van der Waals surface area (Å²) in [6.07, 6.45) is 0. The van der Waals surface area contributed by atoms with Crippen molar-refractivity contribution in [3.05, 3.63) is 46.5 Å². The topological polar surface area (TPSA) is 22.1 Å². The van der Waals surface area contributed by atoms with Crippen molar-refractivity contribution >= 4 is 33.4 Å². The Kier molecular flexibility index (Phi) is 2.83. The molecule has 0 saturated heterocycles. The summed E-state index contributed by atoms with van der Waals surface area (Å²) >= 11 is 6.51. The Bertz CT molecular complexity index is 796. The van der Waals surface area contributed by atoms with E-state index in [-0.39, 0.29) is 0 Å². The van der Waals surface area contributed by atoms with E-state index in [0.717, 1.165) is 32.6 Å². The number of methoxy groups -OCH3 is 1. The molecule has 0 amide bonds. The van der Waals surface area contributed by atoms with Crippen molar-refractivity contribution in [3.63, 3.8) is 0 Å². The van der Waals surface area contributed by atoms with Gasteiger partial charge in [0.2, 0.25) is 0 Å². The van der Waals surface area contributed by atoms with E-state index in [1.807, 2.05) is 18.2 Å². The molecule has 19 heavy (non-hydrogen) atoms. The predicted octanol–water partition coefficient (Wildman–Crippen LogP) is 4.67. The number of halogens is 1. The Morgan fingerprint density at radius 2 is 1.63 bits per heavy atom. The summed E-state index contributed by atoms with van der Waals surface area (Å²) in [4.78, 5) is 4.68. The predicted molar refractivity (Wildman–Crippen MR) is 80.3 cm³/mol. The van der Waals surface area contributed by atoms with Gasteiger partial charge in [0.15, 0.2) is 0 Å². The average molecular weight is 272 g/mol. The number of hydrogen-bond donors (Lipinski definition) is 0. The molecular formula is C16H14ClNO. The van der Waals surface area contributed by atoms with Gasteiger partial charge in [-0.1, -0.05) is 11.6 Å². The molecule has 0 fully saturated rings. The summed E-state index contributed by atoms with van der Waals surface area (Å²) in [5, 5.41) is 2.71. The summed E-state index contributed by atoms with van der Waals surface area (Å²) in [6, 6.07) is 9.95. The van der Waals surface area contributed by atoms with Gasteiger partial charge in [-0.2, -0.15) is 0 Å². The standard InChI is InChI=1S/C16H14ClNO/c1-9-6-13-14(7-10(9)2)18-15-8-11(19-3)4-5-12(15)16(13)17/h4-8H,1-3H3. The van der Waals surface area contributed by atoms with E-state index in [1.54, 1.807) is 7.11 Å². The molecule has 2 aromatic carbocycles.